The molecule has 1 amide bonds. The number of ether oxygens (including phenoxy) is 1. The van der Waals surface area contributed by atoms with Crippen LogP contribution in [0.4, 0.5) is 0 Å². The maximum atomic E-state index is 12.6. The molecule has 0 atom stereocenters. The van der Waals surface area contributed by atoms with Crippen LogP contribution in [0.3, 0.4) is 0 Å². The average Bonchev–Trinajstić information content (AvgIpc) is 2.59. The first kappa shape index (κ1) is 15.0. The molecule has 0 unspecified atom stereocenters. The van der Waals surface area contributed by atoms with Gasteiger partial charge in [-0.2, -0.15) is 0 Å². The molecule has 2 aromatic carbocycles. The SMILES string of the molecule is COc1ccc2c(C(=O)NCc3ccccc3)cc(C)nc2c1. The highest BCUT2D eigenvalue weighted by Crippen LogP contribution is 2.23. The van der Waals surface area contributed by atoms with Gasteiger partial charge in [-0.1, -0.05) is 30.3 Å². The summed E-state index contributed by atoms with van der Waals surface area (Å²) in [5.74, 6) is 0.626. The predicted octanol–water partition coefficient (Wildman–Crippen LogP) is 3.48. The van der Waals surface area contributed by atoms with Gasteiger partial charge in [0.25, 0.3) is 5.91 Å². The van der Waals surface area contributed by atoms with Gasteiger partial charge in [0, 0.05) is 23.7 Å². The van der Waals surface area contributed by atoms with Crippen LogP contribution in [0, 0.1) is 6.92 Å². The molecule has 1 heterocycles. The summed E-state index contributed by atoms with van der Waals surface area (Å²) in [6, 6.07) is 17.2. The number of carbonyl (C=O) groups excluding carboxylic acids is 1. The summed E-state index contributed by atoms with van der Waals surface area (Å²) in [4.78, 5) is 17.1. The predicted molar refractivity (Wildman–Crippen MR) is 90.6 cm³/mol. The minimum atomic E-state index is -0.102. The van der Waals surface area contributed by atoms with Gasteiger partial charge in [-0.25, -0.2) is 0 Å². The van der Waals surface area contributed by atoms with Crippen LogP contribution >= 0.6 is 0 Å². The number of benzene rings is 2. The number of hydrogen-bond acceptors (Lipinski definition) is 3. The lowest BCUT2D eigenvalue weighted by atomic mass is 10.1. The molecule has 0 spiro atoms. The lowest BCUT2D eigenvalue weighted by Gasteiger charge is -2.10. The minimum absolute atomic E-state index is 0.102. The number of carbonyl (C=O) groups is 1. The number of methoxy groups -OCH3 is 1. The standard InChI is InChI=1S/C19H18N2O2/c1-13-10-17(16-9-8-15(23-2)11-18(16)21-13)19(22)20-12-14-6-4-3-5-7-14/h3-11H,12H2,1-2H3,(H,20,22). The Bertz CT molecular complexity index is 845. The van der Waals surface area contributed by atoms with E-state index in [4.69, 9.17) is 4.74 Å². The van der Waals surface area contributed by atoms with Gasteiger partial charge in [-0.15, -0.1) is 0 Å². The highest BCUT2D eigenvalue weighted by atomic mass is 16.5. The summed E-state index contributed by atoms with van der Waals surface area (Å²) in [5.41, 5.74) is 3.26. The molecule has 3 rings (SSSR count). The minimum Gasteiger partial charge on any atom is -0.497 e. The molecule has 23 heavy (non-hydrogen) atoms. The number of hydrogen-bond donors (Lipinski definition) is 1. The van der Waals surface area contributed by atoms with Crippen molar-refractivity contribution >= 4 is 16.8 Å². The lowest BCUT2D eigenvalue weighted by Crippen LogP contribution is -2.23. The van der Waals surface area contributed by atoms with Gasteiger partial charge in [0.1, 0.15) is 5.75 Å². The third-order valence-electron chi connectivity index (χ3n) is 3.69. The summed E-state index contributed by atoms with van der Waals surface area (Å²) < 4.78 is 5.23. The van der Waals surface area contributed by atoms with Crippen molar-refractivity contribution in [2.45, 2.75) is 13.5 Å². The fraction of sp³-hybridized carbons (Fsp3) is 0.158. The number of rotatable bonds is 4. The zero-order valence-electron chi connectivity index (χ0n) is 13.2. The van der Waals surface area contributed by atoms with Crippen molar-refractivity contribution in [1.29, 1.82) is 0 Å². The van der Waals surface area contributed by atoms with Gasteiger partial charge < -0.3 is 10.1 Å². The molecule has 0 aliphatic heterocycles. The molecule has 0 fully saturated rings. The molecular weight excluding hydrogens is 288 g/mol. The molecule has 0 bridgehead atoms. The van der Waals surface area contributed by atoms with E-state index in [1.165, 1.54) is 0 Å². The molecule has 3 aromatic rings. The van der Waals surface area contributed by atoms with E-state index in [2.05, 4.69) is 10.3 Å². The summed E-state index contributed by atoms with van der Waals surface area (Å²) in [7, 11) is 1.62. The zero-order valence-corrected chi connectivity index (χ0v) is 13.2. The Morgan fingerprint density at radius 2 is 1.91 bits per heavy atom. The molecule has 0 radical (unpaired) electrons. The molecular formula is C19H18N2O2. The van der Waals surface area contributed by atoms with Crippen LogP contribution in [0.2, 0.25) is 0 Å². The number of aromatic nitrogens is 1. The summed E-state index contributed by atoms with van der Waals surface area (Å²) >= 11 is 0. The topological polar surface area (TPSA) is 51.2 Å². The molecule has 116 valence electrons. The van der Waals surface area contributed by atoms with Crippen molar-refractivity contribution in [3.63, 3.8) is 0 Å². The van der Waals surface area contributed by atoms with E-state index in [1.54, 1.807) is 7.11 Å². The van der Waals surface area contributed by atoms with Gasteiger partial charge >= 0.3 is 0 Å². The normalized spacial score (nSPS) is 10.5. The Labute approximate surface area is 135 Å². The second-order valence-electron chi connectivity index (χ2n) is 5.36. The third kappa shape index (κ3) is 3.31. The van der Waals surface area contributed by atoms with Crippen LogP contribution in [-0.4, -0.2) is 18.0 Å². The smallest absolute Gasteiger partial charge is 0.252 e. The van der Waals surface area contributed by atoms with E-state index < -0.39 is 0 Å². The molecule has 1 aromatic heterocycles. The monoisotopic (exact) mass is 306 g/mol. The van der Waals surface area contributed by atoms with Crippen molar-refractivity contribution in [2.75, 3.05) is 7.11 Å². The largest absolute Gasteiger partial charge is 0.497 e. The van der Waals surface area contributed by atoms with E-state index in [9.17, 15) is 4.79 Å². The second kappa shape index (κ2) is 6.48. The van der Waals surface area contributed by atoms with Crippen LogP contribution in [-0.2, 0) is 6.54 Å². The van der Waals surface area contributed by atoms with Crippen LogP contribution in [0.1, 0.15) is 21.6 Å². The first-order valence-electron chi connectivity index (χ1n) is 7.45. The molecule has 0 saturated heterocycles. The van der Waals surface area contributed by atoms with E-state index in [0.29, 0.717) is 12.1 Å². The van der Waals surface area contributed by atoms with Gasteiger partial charge in [0.2, 0.25) is 0 Å². The number of fused-ring (bicyclic) bond motifs is 1. The Kier molecular flexibility index (Phi) is 4.24. The Morgan fingerprint density at radius 1 is 1.13 bits per heavy atom. The van der Waals surface area contributed by atoms with Crippen molar-refractivity contribution in [2.24, 2.45) is 0 Å². The van der Waals surface area contributed by atoms with Gasteiger partial charge in [0.15, 0.2) is 0 Å². The lowest BCUT2D eigenvalue weighted by molar-refractivity contribution is 0.0952. The Morgan fingerprint density at radius 3 is 2.65 bits per heavy atom. The number of nitrogens with zero attached hydrogens (tertiary/aromatic N) is 1. The zero-order chi connectivity index (χ0) is 16.2. The Balaban J connectivity index is 1.90. The molecule has 4 heteroatoms. The molecule has 0 aliphatic rings. The fourth-order valence-corrected chi connectivity index (χ4v) is 2.53. The van der Waals surface area contributed by atoms with Crippen molar-refractivity contribution in [3.05, 3.63) is 71.4 Å². The van der Waals surface area contributed by atoms with E-state index in [0.717, 1.165) is 27.9 Å². The van der Waals surface area contributed by atoms with Crippen molar-refractivity contribution < 1.29 is 9.53 Å². The van der Waals surface area contributed by atoms with Crippen LogP contribution in [0.5, 0.6) is 5.75 Å². The highest BCUT2D eigenvalue weighted by molar-refractivity contribution is 6.06. The Hall–Kier alpha value is -2.88. The third-order valence-corrected chi connectivity index (χ3v) is 3.69. The van der Waals surface area contributed by atoms with E-state index in [1.807, 2.05) is 61.5 Å². The van der Waals surface area contributed by atoms with E-state index >= 15 is 0 Å². The fourth-order valence-electron chi connectivity index (χ4n) is 2.53. The number of pyridine rings is 1. The number of amides is 1. The summed E-state index contributed by atoms with van der Waals surface area (Å²) in [5, 5.41) is 3.79. The van der Waals surface area contributed by atoms with E-state index in [-0.39, 0.29) is 5.91 Å². The quantitative estimate of drug-likeness (QED) is 0.803. The van der Waals surface area contributed by atoms with Crippen LogP contribution in [0.25, 0.3) is 10.9 Å². The highest BCUT2D eigenvalue weighted by Gasteiger charge is 2.12. The number of aryl methyl sites for hydroxylation is 1. The van der Waals surface area contributed by atoms with Crippen LogP contribution in [0.15, 0.2) is 54.6 Å². The average molecular weight is 306 g/mol. The van der Waals surface area contributed by atoms with Crippen LogP contribution < -0.4 is 10.1 Å². The number of nitrogens with one attached hydrogen (secondary N) is 1. The summed E-state index contributed by atoms with van der Waals surface area (Å²) in [6.07, 6.45) is 0. The van der Waals surface area contributed by atoms with Gasteiger partial charge in [0.05, 0.1) is 18.2 Å². The molecule has 1 N–H and O–H groups in total. The molecule has 4 nitrogen and oxygen atoms in total. The second-order valence-corrected chi connectivity index (χ2v) is 5.36. The van der Waals surface area contributed by atoms with Gasteiger partial charge in [-0.3, -0.25) is 9.78 Å². The molecule has 0 saturated carbocycles. The van der Waals surface area contributed by atoms with Crippen molar-refractivity contribution in [3.8, 4) is 5.75 Å². The first-order chi connectivity index (χ1) is 11.2. The maximum Gasteiger partial charge on any atom is 0.252 e. The van der Waals surface area contributed by atoms with Gasteiger partial charge in [-0.05, 0) is 30.7 Å². The first-order valence-corrected chi connectivity index (χ1v) is 7.45. The molecule has 0 aliphatic carbocycles. The summed E-state index contributed by atoms with van der Waals surface area (Å²) in [6.45, 7) is 2.38. The van der Waals surface area contributed by atoms with Crippen molar-refractivity contribution in [1.82, 2.24) is 10.3 Å². The maximum absolute atomic E-state index is 12.6.